The number of aliphatic imine (C=N–C) groups is 1. The molecular formula is C17H31IN4S2. The maximum Gasteiger partial charge on any atom is 0.193 e. The number of hydrogen-bond acceptors (Lipinski definition) is 4. The van der Waals surface area contributed by atoms with Crippen molar-refractivity contribution in [3.8, 4) is 0 Å². The molecule has 0 bridgehead atoms. The minimum Gasteiger partial charge on any atom is -0.357 e. The Bertz CT molecular complexity index is 519. The standard InChI is InChI=1S/C17H30N4S2.HI/c1-5-14-12-21(10-11-22-14)17(18-7-3)19-9-8-16-20-15(6-2)13(4)23-16;/h14H,5-12H2,1-4H3,(H,18,19);1H. The quantitative estimate of drug-likeness (QED) is 0.379. The van der Waals surface area contributed by atoms with Gasteiger partial charge >= 0.3 is 0 Å². The summed E-state index contributed by atoms with van der Waals surface area (Å²) in [4.78, 5) is 13.4. The van der Waals surface area contributed by atoms with Crippen molar-refractivity contribution in [1.82, 2.24) is 15.2 Å². The van der Waals surface area contributed by atoms with E-state index in [0.717, 1.165) is 50.2 Å². The van der Waals surface area contributed by atoms with Crippen molar-refractivity contribution in [2.24, 2.45) is 4.99 Å². The third kappa shape index (κ3) is 6.37. The van der Waals surface area contributed by atoms with Gasteiger partial charge in [0.25, 0.3) is 0 Å². The molecule has 24 heavy (non-hydrogen) atoms. The fourth-order valence-electron chi connectivity index (χ4n) is 2.76. The maximum atomic E-state index is 4.85. The van der Waals surface area contributed by atoms with Gasteiger partial charge in [0.2, 0.25) is 0 Å². The molecule has 1 fully saturated rings. The Kier molecular flexibility index (Phi) is 10.6. The zero-order valence-electron chi connectivity index (χ0n) is 15.3. The van der Waals surface area contributed by atoms with Gasteiger partial charge in [0, 0.05) is 48.5 Å². The Morgan fingerprint density at radius 2 is 2.17 bits per heavy atom. The molecule has 0 amide bonds. The second-order valence-corrected chi connectivity index (χ2v) is 8.49. The van der Waals surface area contributed by atoms with Crippen LogP contribution in [0.3, 0.4) is 0 Å². The van der Waals surface area contributed by atoms with E-state index in [4.69, 9.17) is 9.98 Å². The van der Waals surface area contributed by atoms with Gasteiger partial charge in [-0.15, -0.1) is 35.3 Å². The van der Waals surface area contributed by atoms with E-state index >= 15 is 0 Å². The summed E-state index contributed by atoms with van der Waals surface area (Å²) in [5, 5.41) is 5.42. The van der Waals surface area contributed by atoms with Crippen LogP contribution in [0.4, 0.5) is 0 Å². The summed E-state index contributed by atoms with van der Waals surface area (Å²) in [6, 6.07) is 0. The summed E-state index contributed by atoms with van der Waals surface area (Å²) in [5.74, 6) is 2.28. The Balaban J connectivity index is 0.00000288. The second kappa shape index (κ2) is 11.6. The summed E-state index contributed by atoms with van der Waals surface area (Å²) in [7, 11) is 0. The van der Waals surface area contributed by atoms with Crippen molar-refractivity contribution in [1.29, 1.82) is 0 Å². The molecule has 1 aromatic rings. The molecule has 4 nitrogen and oxygen atoms in total. The number of halogens is 1. The van der Waals surface area contributed by atoms with Gasteiger partial charge < -0.3 is 10.2 Å². The number of thioether (sulfide) groups is 1. The van der Waals surface area contributed by atoms with E-state index in [0.29, 0.717) is 0 Å². The highest BCUT2D eigenvalue weighted by Crippen LogP contribution is 2.21. The van der Waals surface area contributed by atoms with Crippen LogP contribution in [0.1, 0.15) is 42.8 Å². The van der Waals surface area contributed by atoms with Crippen LogP contribution in [0.15, 0.2) is 4.99 Å². The number of nitrogens with zero attached hydrogens (tertiary/aromatic N) is 3. The van der Waals surface area contributed by atoms with Crippen LogP contribution in [-0.2, 0) is 12.8 Å². The van der Waals surface area contributed by atoms with Crippen molar-refractivity contribution in [2.75, 3.05) is 31.9 Å². The summed E-state index contributed by atoms with van der Waals surface area (Å²) in [6.45, 7) is 12.7. The zero-order valence-corrected chi connectivity index (χ0v) is 19.3. The largest absolute Gasteiger partial charge is 0.357 e. The third-order valence-electron chi connectivity index (χ3n) is 4.09. The molecule has 7 heteroatoms. The molecule has 1 atom stereocenters. The van der Waals surface area contributed by atoms with E-state index in [2.05, 4.69) is 49.7 Å². The van der Waals surface area contributed by atoms with Crippen LogP contribution < -0.4 is 5.32 Å². The normalized spacial score (nSPS) is 18.4. The maximum absolute atomic E-state index is 4.85. The fourth-order valence-corrected chi connectivity index (χ4v) is 4.96. The third-order valence-corrected chi connectivity index (χ3v) is 6.53. The molecule has 1 aliphatic heterocycles. The van der Waals surface area contributed by atoms with Crippen LogP contribution in [0.2, 0.25) is 0 Å². The van der Waals surface area contributed by atoms with Crippen LogP contribution in [0, 0.1) is 6.92 Å². The fraction of sp³-hybridized carbons (Fsp3) is 0.765. The summed E-state index contributed by atoms with van der Waals surface area (Å²) in [5.41, 5.74) is 1.25. The Hall–Kier alpha value is -0.0200. The predicted molar refractivity (Wildman–Crippen MR) is 119 cm³/mol. The first-order valence-electron chi connectivity index (χ1n) is 8.77. The van der Waals surface area contributed by atoms with Gasteiger partial charge in [0.05, 0.1) is 10.7 Å². The van der Waals surface area contributed by atoms with E-state index in [9.17, 15) is 0 Å². The SMILES string of the molecule is CCNC(=NCCc1nc(CC)c(C)s1)N1CCSC(CC)C1.I. The van der Waals surface area contributed by atoms with E-state index in [-0.39, 0.29) is 24.0 Å². The number of rotatable bonds is 6. The molecule has 2 heterocycles. The lowest BCUT2D eigenvalue weighted by Gasteiger charge is -2.34. The smallest absolute Gasteiger partial charge is 0.193 e. The number of hydrogen-bond donors (Lipinski definition) is 1. The Labute approximate surface area is 172 Å². The number of aryl methyl sites for hydroxylation is 2. The van der Waals surface area contributed by atoms with Gasteiger partial charge in [-0.25, -0.2) is 4.98 Å². The van der Waals surface area contributed by atoms with Crippen LogP contribution in [0.5, 0.6) is 0 Å². The summed E-state index contributed by atoms with van der Waals surface area (Å²) >= 11 is 3.92. The average Bonchev–Trinajstić information content (AvgIpc) is 2.94. The molecule has 0 radical (unpaired) electrons. The highest BCUT2D eigenvalue weighted by atomic mass is 127. The van der Waals surface area contributed by atoms with Gasteiger partial charge in [-0.05, 0) is 26.7 Å². The van der Waals surface area contributed by atoms with Crippen molar-refractivity contribution >= 4 is 53.0 Å². The topological polar surface area (TPSA) is 40.5 Å². The first-order chi connectivity index (χ1) is 11.2. The van der Waals surface area contributed by atoms with Crippen molar-refractivity contribution < 1.29 is 0 Å². The lowest BCUT2D eigenvalue weighted by Crippen LogP contribution is -2.48. The number of guanidine groups is 1. The lowest BCUT2D eigenvalue weighted by atomic mass is 10.3. The molecular weight excluding hydrogens is 451 g/mol. The summed E-state index contributed by atoms with van der Waals surface area (Å²) in [6.07, 6.45) is 3.21. The number of thiazole rings is 1. The van der Waals surface area contributed by atoms with Crippen LogP contribution >= 0.6 is 47.1 Å². The monoisotopic (exact) mass is 482 g/mol. The van der Waals surface area contributed by atoms with Crippen molar-refractivity contribution in [3.63, 3.8) is 0 Å². The molecule has 1 aliphatic rings. The lowest BCUT2D eigenvalue weighted by molar-refractivity contribution is 0.408. The van der Waals surface area contributed by atoms with Gasteiger partial charge in [0.15, 0.2) is 5.96 Å². The zero-order chi connectivity index (χ0) is 16.7. The molecule has 0 aromatic carbocycles. The predicted octanol–water partition coefficient (Wildman–Crippen LogP) is 3.97. The molecule has 1 saturated heterocycles. The Morgan fingerprint density at radius 3 is 2.79 bits per heavy atom. The number of aromatic nitrogens is 1. The molecule has 1 aromatic heterocycles. The highest BCUT2D eigenvalue weighted by molar-refractivity contribution is 14.0. The number of nitrogens with one attached hydrogen (secondary N) is 1. The van der Waals surface area contributed by atoms with Crippen molar-refractivity contribution in [2.45, 2.75) is 52.2 Å². The first-order valence-corrected chi connectivity index (χ1v) is 10.6. The molecule has 138 valence electrons. The second-order valence-electron chi connectivity index (χ2n) is 5.80. The highest BCUT2D eigenvalue weighted by Gasteiger charge is 2.21. The van der Waals surface area contributed by atoms with Gasteiger partial charge in [-0.2, -0.15) is 11.8 Å². The minimum atomic E-state index is 0. The van der Waals surface area contributed by atoms with Crippen LogP contribution in [-0.4, -0.2) is 53.0 Å². The van der Waals surface area contributed by atoms with E-state index in [1.165, 1.54) is 27.8 Å². The van der Waals surface area contributed by atoms with E-state index in [1.807, 2.05) is 11.3 Å². The molecule has 2 rings (SSSR count). The van der Waals surface area contributed by atoms with E-state index in [1.54, 1.807) is 0 Å². The van der Waals surface area contributed by atoms with Crippen LogP contribution in [0.25, 0.3) is 0 Å². The molecule has 0 saturated carbocycles. The average molecular weight is 483 g/mol. The summed E-state index contributed by atoms with van der Waals surface area (Å²) < 4.78 is 0. The Morgan fingerprint density at radius 1 is 1.38 bits per heavy atom. The molecule has 0 aliphatic carbocycles. The molecule has 0 spiro atoms. The molecule has 1 N–H and O–H groups in total. The van der Waals surface area contributed by atoms with Gasteiger partial charge in [-0.1, -0.05) is 13.8 Å². The molecule has 1 unspecified atom stereocenters. The van der Waals surface area contributed by atoms with Gasteiger partial charge in [-0.3, -0.25) is 4.99 Å². The first kappa shape index (κ1) is 22.0. The van der Waals surface area contributed by atoms with E-state index < -0.39 is 0 Å². The van der Waals surface area contributed by atoms with Gasteiger partial charge in [0.1, 0.15) is 0 Å². The minimum absolute atomic E-state index is 0. The van der Waals surface area contributed by atoms with Crippen molar-refractivity contribution in [3.05, 3.63) is 15.6 Å².